The van der Waals surface area contributed by atoms with E-state index in [0.29, 0.717) is 18.8 Å². The van der Waals surface area contributed by atoms with Crippen molar-refractivity contribution >= 4 is 17.6 Å². The van der Waals surface area contributed by atoms with E-state index in [9.17, 15) is 9.59 Å². The van der Waals surface area contributed by atoms with Crippen LogP contribution in [0.15, 0.2) is 60.7 Å². The normalized spacial score (nSPS) is 12.3. The fourth-order valence-corrected chi connectivity index (χ4v) is 4.07. The Hall–Kier alpha value is -3.41. The number of anilines is 1. The number of carbonyl (C=O) groups excluding carboxylic acids is 2. The molecule has 6 nitrogen and oxygen atoms in total. The predicted molar refractivity (Wildman–Crippen MR) is 142 cm³/mol. The summed E-state index contributed by atoms with van der Waals surface area (Å²) in [5.41, 5.74) is 3.71. The number of amides is 2. The van der Waals surface area contributed by atoms with Crippen LogP contribution in [0.1, 0.15) is 70.2 Å². The van der Waals surface area contributed by atoms with E-state index < -0.39 is 0 Å². The summed E-state index contributed by atoms with van der Waals surface area (Å²) in [7, 11) is 0. The SMILES string of the molecule is CCCN(CC(=O)Nc1cc(C(C)(C)C)nn1-c1ccc(C)cc1)C(=O)C(CC)c1ccccc1. The van der Waals surface area contributed by atoms with Crippen molar-refractivity contribution in [3.8, 4) is 5.69 Å². The summed E-state index contributed by atoms with van der Waals surface area (Å²) < 4.78 is 1.77. The van der Waals surface area contributed by atoms with Crippen molar-refractivity contribution < 1.29 is 9.59 Å². The summed E-state index contributed by atoms with van der Waals surface area (Å²) in [6, 6.07) is 19.7. The monoisotopic (exact) mass is 474 g/mol. The van der Waals surface area contributed by atoms with Gasteiger partial charge in [-0.3, -0.25) is 9.59 Å². The van der Waals surface area contributed by atoms with Crippen LogP contribution in [0.4, 0.5) is 5.82 Å². The second kappa shape index (κ2) is 11.3. The molecule has 0 bridgehead atoms. The maximum atomic E-state index is 13.4. The van der Waals surface area contributed by atoms with E-state index in [-0.39, 0.29) is 29.7 Å². The Labute approximate surface area is 209 Å². The van der Waals surface area contributed by atoms with Gasteiger partial charge in [-0.2, -0.15) is 5.10 Å². The molecule has 1 aromatic heterocycles. The lowest BCUT2D eigenvalue weighted by atomic mass is 9.92. The molecule has 2 amide bonds. The van der Waals surface area contributed by atoms with Gasteiger partial charge >= 0.3 is 0 Å². The first-order chi connectivity index (χ1) is 16.6. The molecule has 1 unspecified atom stereocenters. The van der Waals surface area contributed by atoms with Crippen LogP contribution in [0, 0.1) is 6.92 Å². The molecule has 2 aromatic carbocycles. The molecule has 1 atom stereocenters. The Kier molecular flexibility index (Phi) is 8.49. The first-order valence-electron chi connectivity index (χ1n) is 12.4. The predicted octanol–water partition coefficient (Wildman–Crippen LogP) is 5.85. The van der Waals surface area contributed by atoms with Crippen LogP contribution in [-0.2, 0) is 15.0 Å². The fraction of sp³-hybridized carbons (Fsp3) is 0.414. The van der Waals surface area contributed by atoms with Gasteiger partial charge in [0.1, 0.15) is 5.82 Å². The quantitative estimate of drug-likeness (QED) is 0.423. The third-order valence-electron chi connectivity index (χ3n) is 6.07. The number of nitrogens with one attached hydrogen (secondary N) is 1. The third-order valence-corrected chi connectivity index (χ3v) is 6.07. The van der Waals surface area contributed by atoms with Gasteiger partial charge in [0.2, 0.25) is 11.8 Å². The van der Waals surface area contributed by atoms with Crippen molar-refractivity contribution in [3.63, 3.8) is 0 Å². The van der Waals surface area contributed by atoms with Crippen LogP contribution in [0.25, 0.3) is 5.69 Å². The Morgan fingerprint density at radius 1 is 1.03 bits per heavy atom. The zero-order chi connectivity index (χ0) is 25.6. The van der Waals surface area contributed by atoms with Crippen molar-refractivity contribution in [2.45, 2.75) is 65.7 Å². The van der Waals surface area contributed by atoms with Crippen LogP contribution in [0.2, 0.25) is 0 Å². The first-order valence-corrected chi connectivity index (χ1v) is 12.4. The van der Waals surface area contributed by atoms with Crippen LogP contribution < -0.4 is 5.32 Å². The molecule has 0 aliphatic rings. The van der Waals surface area contributed by atoms with Gasteiger partial charge in [0.05, 0.1) is 23.8 Å². The number of hydrogen-bond donors (Lipinski definition) is 1. The number of aromatic nitrogens is 2. The zero-order valence-corrected chi connectivity index (χ0v) is 21.8. The van der Waals surface area contributed by atoms with Crippen LogP contribution in [-0.4, -0.2) is 39.6 Å². The third kappa shape index (κ3) is 6.59. The van der Waals surface area contributed by atoms with E-state index in [1.54, 1.807) is 9.58 Å². The Morgan fingerprint density at radius 3 is 2.26 bits per heavy atom. The average Bonchev–Trinajstić information content (AvgIpc) is 3.24. The van der Waals surface area contributed by atoms with Gasteiger partial charge in [0, 0.05) is 18.0 Å². The highest BCUT2D eigenvalue weighted by Crippen LogP contribution is 2.27. The summed E-state index contributed by atoms with van der Waals surface area (Å²) in [6.45, 7) is 12.9. The molecule has 186 valence electrons. The van der Waals surface area contributed by atoms with Gasteiger partial charge < -0.3 is 10.2 Å². The van der Waals surface area contributed by atoms with Crippen LogP contribution in [0.3, 0.4) is 0 Å². The average molecular weight is 475 g/mol. The molecule has 35 heavy (non-hydrogen) atoms. The van der Waals surface area contributed by atoms with E-state index >= 15 is 0 Å². The maximum absolute atomic E-state index is 13.4. The second-order valence-corrected chi connectivity index (χ2v) is 10.1. The summed E-state index contributed by atoms with van der Waals surface area (Å²) >= 11 is 0. The van der Waals surface area contributed by atoms with Crippen LogP contribution >= 0.6 is 0 Å². The topological polar surface area (TPSA) is 67.2 Å². The molecule has 1 heterocycles. The van der Waals surface area contributed by atoms with Crippen molar-refractivity contribution in [2.75, 3.05) is 18.4 Å². The summed E-state index contributed by atoms with van der Waals surface area (Å²) in [5, 5.41) is 7.81. The molecular formula is C29H38N4O2. The molecule has 0 saturated heterocycles. The zero-order valence-electron chi connectivity index (χ0n) is 21.8. The van der Waals surface area contributed by atoms with Gasteiger partial charge in [-0.15, -0.1) is 0 Å². The van der Waals surface area contributed by atoms with Gasteiger partial charge in [-0.05, 0) is 37.5 Å². The van der Waals surface area contributed by atoms with E-state index in [4.69, 9.17) is 5.10 Å². The van der Waals surface area contributed by atoms with Gasteiger partial charge in [0.15, 0.2) is 0 Å². The summed E-state index contributed by atoms with van der Waals surface area (Å²) in [5.74, 6) is 0.0884. The number of hydrogen-bond acceptors (Lipinski definition) is 3. The summed E-state index contributed by atoms with van der Waals surface area (Å²) in [4.78, 5) is 28.3. The van der Waals surface area contributed by atoms with Crippen LogP contribution in [0.5, 0.6) is 0 Å². The molecule has 0 aliphatic heterocycles. The molecule has 1 N–H and O–H groups in total. The highest BCUT2D eigenvalue weighted by Gasteiger charge is 2.27. The minimum Gasteiger partial charge on any atom is -0.333 e. The maximum Gasteiger partial charge on any atom is 0.245 e. The van der Waals surface area contributed by atoms with Gasteiger partial charge in [-0.1, -0.05) is 82.6 Å². The molecular weight excluding hydrogens is 436 g/mol. The summed E-state index contributed by atoms with van der Waals surface area (Å²) in [6.07, 6.45) is 1.46. The number of aryl methyl sites for hydroxylation is 1. The largest absolute Gasteiger partial charge is 0.333 e. The lowest BCUT2D eigenvalue weighted by molar-refractivity contribution is -0.136. The molecule has 0 aliphatic carbocycles. The molecule has 0 spiro atoms. The smallest absolute Gasteiger partial charge is 0.245 e. The molecule has 0 radical (unpaired) electrons. The van der Waals surface area contributed by atoms with Gasteiger partial charge in [0.25, 0.3) is 0 Å². The fourth-order valence-electron chi connectivity index (χ4n) is 4.07. The molecule has 3 rings (SSSR count). The molecule has 0 fully saturated rings. The van der Waals surface area contributed by atoms with E-state index in [0.717, 1.165) is 28.9 Å². The van der Waals surface area contributed by atoms with Crippen molar-refractivity contribution in [3.05, 3.63) is 77.5 Å². The minimum absolute atomic E-state index is 0.0000636. The molecule has 3 aromatic rings. The Balaban J connectivity index is 1.84. The minimum atomic E-state index is -0.263. The standard InChI is InChI=1S/C29H38N4O2/c1-7-18-32(28(35)24(8-2)22-12-10-9-11-13-22)20-27(34)30-26-19-25(29(4,5)6)31-33(26)23-16-14-21(3)15-17-23/h9-17,19,24H,7-8,18,20H2,1-6H3,(H,30,34). The number of carbonyl (C=O) groups is 2. The van der Waals surface area contributed by atoms with Crippen molar-refractivity contribution in [1.82, 2.24) is 14.7 Å². The number of rotatable bonds is 9. The second-order valence-electron chi connectivity index (χ2n) is 10.1. The van der Waals surface area contributed by atoms with E-state index in [1.807, 2.05) is 81.4 Å². The first kappa shape index (κ1) is 26.2. The molecule has 0 saturated carbocycles. The van der Waals surface area contributed by atoms with Crippen molar-refractivity contribution in [1.29, 1.82) is 0 Å². The Bertz CT molecular complexity index is 1130. The van der Waals surface area contributed by atoms with Gasteiger partial charge in [-0.25, -0.2) is 4.68 Å². The lowest BCUT2D eigenvalue weighted by Crippen LogP contribution is -2.41. The number of nitrogens with zero attached hydrogens (tertiary/aromatic N) is 3. The Morgan fingerprint density at radius 2 is 1.69 bits per heavy atom. The number of benzene rings is 2. The van der Waals surface area contributed by atoms with Crippen molar-refractivity contribution in [2.24, 2.45) is 0 Å². The van der Waals surface area contributed by atoms with E-state index in [2.05, 4.69) is 26.1 Å². The highest BCUT2D eigenvalue weighted by atomic mass is 16.2. The molecule has 6 heteroatoms. The highest BCUT2D eigenvalue weighted by molar-refractivity contribution is 5.95. The lowest BCUT2D eigenvalue weighted by Gasteiger charge is -2.26. The van der Waals surface area contributed by atoms with E-state index in [1.165, 1.54) is 0 Å².